The van der Waals surface area contributed by atoms with Crippen LogP contribution in [-0.4, -0.2) is 38.5 Å². The van der Waals surface area contributed by atoms with Crippen LogP contribution in [0.2, 0.25) is 5.02 Å². The van der Waals surface area contributed by atoms with E-state index in [0.717, 1.165) is 5.69 Å². The molecule has 0 radical (unpaired) electrons. The van der Waals surface area contributed by atoms with E-state index in [1.165, 1.54) is 12.1 Å². The fourth-order valence-corrected chi connectivity index (χ4v) is 2.07. The van der Waals surface area contributed by atoms with Crippen molar-refractivity contribution in [3.63, 3.8) is 0 Å². The number of benzene rings is 2. The van der Waals surface area contributed by atoms with Crippen molar-refractivity contribution in [1.29, 1.82) is 0 Å². The van der Waals surface area contributed by atoms with Crippen LogP contribution in [0.1, 0.15) is 20.7 Å². The second-order valence-corrected chi connectivity index (χ2v) is 5.96. The number of nitrogens with one attached hydrogen (secondary N) is 2. The fraction of sp³-hybridized carbons (Fsp3) is 0.167. The molecule has 0 bridgehead atoms. The van der Waals surface area contributed by atoms with Gasteiger partial charge < -0.3 is 9.64 Å². The Bertz CT molecular complexity index is 789. The van der Waals surface area contributed by atoms with Crippen molar-refractivity contribution in [3.05, 3.63) is 64.7 Å². The number of hydrogen-bond donors (Lipinski definition) is 2. The lowest BCUT2D eigenvalue weighted by Crippen LogP contribution is -2.43. The Kier molecular flexibility index (Phi) is 6.57. The normalized spacial score (nSPS) is 9.96. The van der Waals surface area contributed by atoms with Crippen LogP contribution >= 0.6 is 11.6 Å². The molecule has 2 aromatic rings. The fourth-order valence-electron chi connectivity index (χ4n) is 1.95. The van der Waals surface area contributed by atoms with Gasteiger partial charge in [-0.05, 0) is 48.5 Å². The molecule has 0 aromatic heterocycles. The monoisotopic (exact) mass is 375 g/mol. The lowest BCUT2D eigenvalue weighted by molar-refractivity contribution is -0.125. The maximum absolute atomic E-state index is 11.9. The molecular formula is C18H18ClN3O4. The molecule has 0 aliphatic carbocycles. The van der Waals surface area contributed by atoms with Crippen LogP contribution < -0.4 is 15.8 Å². The molecule has 0 unspecified atom stereocenters. The van der Waals surface area contributed by atoms with Crippen LogP contribution in [0.3, 0.4) is 0 Å². The average Bonchev–Trinajstić information content (AvgIpc) is 2.64. The zero-order chi connectivity index (χ0) is 19.1. The second-order valence-electron chi connectivity index (χ2n) is 5.53. The predicted octanol–water partition coefficient (Wildman–Crippen LogP) is 2.02. The highest BCUT2D eigenvalue weighted by Crippen LogP contribution is 2.13. The number of halogens is 1. The van der Waals surface area contributed by atoms with Gasteiger partial charge in [0.2, 0.25) is 0 Å². The number of ether oxygens (including phenoxy) is 1. The Morgan fingerprint density at radius 3 is 2.08 bits per heavy atom. The van der Waals surface area contributed by atoms with Crippen LogP contribution in [0.25, 0.3) is 0 Å². The molecule has 0 aliphatic heterocycles. The van der Waals surface area contributed by atoms with Crippen molar-refractivity contribution in [2.45, 2.75) is 0 Å². The van der Waals surface area contributed by atoms with Crippen LogP contribution in [0, 0.1) is 0 Å². The van der Waals surface area contributed by atoms with E-state index in [-0.39, 0.29) is 0 Å². The Hall–Kier alpha value is -3.06. The van der Waals surface area contributed by atoms with E-state index in [1.54, 1.807) is 36.4 Å². The third kappa shape index (κ3) is 5.49. The Labute approximate surface area is 155 Å². The summed E-state index contributed by atoms with van der Waals surface area (Å²) in [7, 11) is 3.77. The van der Waals surface area contributed by atoms with Crippen LogP contribution in [0.15, 0.2) is 48.5 Å². The zero-order valence-electron chi connectivity index (χ0n) is 14.3. The van der Waals surface area contributed by atoms with Crippen molar-refractivity contribution in [3.8, 4) is 0 Å². The number of hydrogen-bond acceptors (Lipinski definition) is 5. The number of amides is 2. The van der Waals surface area contributed by atoms with E-state index in [9.17, 15) is 14.4 Å². The van der Waals surface area contributed by atoms with Gasteiger partial charge in [0.25, 0.3) is 11.8 Å². The molecule has 0 saturated carbocycles. The molecule has 8 heteroatoms. The zero-order valence-corrected chi connectivity index (χ0v) is 15.0. The maximum atomic E-state index is 11.9. The first-order chi connectivity index (χ1) is 12.4. The quantitative estimate of drug-likeness (QED) is 0.616. The van der Waals surface area contributed by atoms with E-state index in [1.807, 2.05) is 19.0 Å². The minimum atomic E-state index is -0.662. The van der Waals surface area contributed by atoms with Gasteiger partial charge in [0.15, 0.2) is 6.61 Å². The number of anilines is 1. The van der Waals surface area contributed by atoms with E-state index in [2.05, 4.69) is 10.9 Å². The average molecular weight is 376 g/mol. The molecule has 26 heavy (non-hydrogen) atoms. The van der Waals surface area contributed by atoms with Gasteiger partial charge in [0.1, 0.15) is 0 Å². The Morgan fingerprint density at radius 1 is 0.923 bits per heavy atom. The van der Waals surface area contributed by atoms with E-state index < -0.39 is 24.4 Å². The van der Waals surface area contributed by atoms with E-state index in [0.29, 0.717) is 16.1 Å². The Balaban J connectivity index is 1.78. The van der Waals surface area contributed by atoms with Gasteiger partial charge in [-0.15, -0.1) is 0 Å². The molecule has 0 atom stereocenters. The summed E-state index contributed by atoms with van der Waals surface area (Å²) in [4.78, 5) is 37.3. The molecule has 0 heterocycles. The van der Waals surface area contributed by atoms with Gasteiger partial charge in [-0.3, -0.25) is 20.4 Å². The van der Waals surface area contributed by atoms with Crippen LogP contribution in [0.4, 0.5) is 5.69 Å². The van der Waals surface area contributed by atoms with Crippen LogP contribution in [0.5, 0.6) is 0 Å². The van der Waals surface area contributed by atoms with Gasteiger partial charge in [0, 0.05) is 30.4 Å². The molecule has 0 spiro atoms. The first-order valence-corrected chi connectivity index (χ1v) is 8.04. The van der Waals surface area contributed by atoms with Gasteiger partial charge >= 0.3 is 5.97 Å². The summed E-state index contributed by atoms with van der Waals surface area (Å²) in [5, 5.41) is 0.496. The molecule has 2 rings (SSSR count). The molecule has 0 aliphatic rings. The summed E-state index contributed by atoms with van der Waals surface area (Å²) < 4.78 is 4.91. The molecule has 7 nitrogen and oxygen atoms in total. The second kappa shape index (κ2) is 8.87. The van der Waals surface area contributed by atoms with Gasteiger partial charge in [-0.1, -0.05) is 11.6 Å². The SMILES string of the molecule is CN(C)c1ccc(C(=O)OCC(=O)NNC(=O)c2ccc(Cl)cc2)cc1. The number of hydrazine groups is 1. The predicted molar refractivity (Wildman–Crippen MR) is 98.1 cm³/mol. The van der Waals surface area contributed by atoms with Crippen molar-refractivity contribution < 1.29 is 19.1 Å². The van der Waals surface area contributed by atoms with Crippen molar-refractivity contribution in [2.24, 2.45) is 0 Å². The summed E-state index contributed by atoms with van der Waals surface area (Å²) in [6.45, 7) is -0.519. The highest BCUT2D eigenvalue weighted by atomic mass is 35.5. The molecule has 0 fully saturated rings. The summed E-state index contributed by atoms with van der Waals surface area (Å²) in [6.07, 6.45) is 0. The van der Waals surface area contributed by atoms with E-state index in [4.69, 9.17) is 16.3 Å². The summed E-state index contributed by atoms with van der Waals surface area (Å²) in [5.41, 5.74) is 5.98. The summed E-state index contributed by atoms with van der Waals surface area (Å²) in [5.74, 6) is -1.80. The van der Waals surface area contributed by atoms with Crippen LogP contribution in [-0.2, 0) is 9.53 Å². The van der Waals surface area contributed by atoms with Gasteiger partial charge in [0.05, 0.1) is 5.56 Å². The van der Waals surface area contributed by atoms with Gasteiger partial charge in [-0.2, -0.15) is 0 Å². The smallest absolute Gasteiger partial charge is 0.338 e. The number of rotatable bonds is 5. The summed E-state index contributed by atoms with van der Waals surface area (Å²) in [6, 6.07) is 12.9. The topological polar surface area (TPSA) is 87.7 Å². The molecule has 2 aromatic carbocycles. The van der Waals surface area contributed by atoms with Crippen molar-refractivity contribution in [1.82, 2.24) is 10.9 Å². The molecular weight excluding hydrogens is 358 g/mol. The van der Waals surface area contributed by atoms with Gasteiger partial charge in [-0.25, -0.2) is 4.79 Å². The third-order valence-corrected chi connectivity index (χ3v) is 3.63. The number of carbonyl (C=O) groups is 3. The molecule has 136 valence electrons. The number of esters is 1. The standard InChI is InChI=1S/C18H18ClN3O4/c1-22(2)15-9-5-13(6-10-15)18(25)26-11-16(23)20-21-17(24)12-3-7-14(19)8-4-12/h3-10H,11H2,1-2H3,(H,20,23)(H,21,24). The van der Waals surface area contributed by atoms with Crippen molar-refractivity contribution in [2.75, 3.05) is 25.6 Å². The van der Waals surface area contributed by atoms with Crippen molar-refractivity contribution >= 4 is 35.1 Å². The highest BCUT2D eigenvalue weighted by molar-refractivity contribution is 6.30. The highest BCUT2D eigenvalue weighted by Gasteiger charge is 2.12. The first kappa shape index (κ1) is 19.3. The third-order valence-electron chi connectivity index (χ3n) is 3.38. The maximum Gasteiger partial charge on any atom is 0.338 e. The number of nitrogens with zero attached hydrogens (tertiary/aromatic N) is 1. The molecule has 2 N–H and O–H groups in total. The first-order valence-electron chi connectivity index (χ1n) is 7.66. The molecule has 0 saturated heterocycles. The Morgan fingerprint density at radius 2 is 1.50 bits per heavy atom. The minimum absolute atomic E-state index is 0.327. The molecule has 2 amide bonds. The van der Waals surface area contributed by atoms with E-state index >= 15 is 0 Å². The number of carbonyl (C=O) groups excluding carboxylic acids is 3. The lowest BCUT2D eigenvalue weighted by atomic mass is 10.2. The lowest BCUT2D eigenvalue weighted by Gasteiger charge is -2.12. The summed E-state index contributed by atoms with van der Waals surface area (Å²) >= 11 is 5.74. The minimum Gasteiger partial charge on any atom is -0.452 e. The largest absolute Gasteiger partial charge is 0.452 e.